The van der Waals surface area contributed by atoms with Gasteiger partial charge in [0.2, 0.25) is 5.95 Å². The van der Waals surface area contributed by atoms with Crippen LogP contribution in [0.5, 0.6) is 5.75 Å². The molecule has 4 heterocycles. The molecule has 1 saturated heterocycles. The van der Waals surface area contributed by atoms with E-state index in [9.17, 15) is 10.1 Å². The van der Waals surface area contributed by atoms with E-state index in [1.165, 1.54) is 17.8 Å². The lowest BCUT2D eigenvalue weighted by Crippen LogP contribution is -2.22. The zero-order chi connectivity index (χ0) is 21.2. The molecule has 0 unspecified atom stereocenters. The van der Waals surface area contributed by atoms with E-state index in [0.29, 0.717) is 30.2 Å². The Hall–Kier alpha value is -3.05. The molecule has 1 fully saturated rings. The number of hydrogen-bond donors (Lipinski definition) is 0. The number of nitro benzene ring substituents is 1. The first-order valence-corrected chi connectivity index (χ1v) is 11.0. The minimum atomic E-state index is -0.395. The summed E-state index contributed by atoms with van der Waals surface area (Å²) in [6, 6.07) is 6.85. The largest absolute Gasteiger partial charge is 0.467 e. The molecule has 0 bridgehead atoms. The molecule has 2 aliphatic heterocycles. The summed E-state index contributed by atoms with van der Waals surface area (Å²) in [6.45, 7) is 2.85. The first-order valence-electron chi connectivity index (χ1n) is 10.0. The van der Waals surface area contributed by atoms with Crippen LogP contribution in [0.15, 0.2) is 40.1 Å². The Kier molecular flexibility index (Phi) is 5.51. The van der Waals surface area contributed by atoms with Gasteiger partial charge in [-0.3, -0.25) is 14.7 Å². The number of nitro groups is 1. The maximum atomic E-state index is 11.4. The molecule has 0 aliphatic carbocycles. The molecule has 5 rings (SSSR count). The number of thioether (sulfide) groups is 1. The number of anilines is 1. The number of rotatable bonds is 7. The van der Waals surface area contributed by atoms with E-state index >= 15 is 0 Å². The van der Waals surface area contributed by atoms with Gasteiger partial charge in [0.1, 0.15) is 11.5 Å². The van der Waals surface area contributed by atoms with Gasteiger partial charge in [0.25, 0.3) is 5.69 Å². The molecule has 31 heavy (non-hydrogen) atoms. The summed E-state index contributed by atoms with van der Waals surface area (Å²) in [6.07, 6.45) is 3.92. The Balaban J connectivity index is 1.44. The van der Waals surface area contributed by atoms with Gasteiger partial charge in [0, 0.05) is 42.1 Å². The van der Waals surface area contributed by atoms with Crippen LogP contribution in [0.3, 0.4) is 0 Å². The first kappa shape index (κ1) is 19.9. The molecule has 1 aromatic carbocycles. The van der Waals surface area contributed by atoms with Gasteiger partial charge < -0.3 is 18.8 Å². The molecule has 11 heteroatoms. The Morgan fingerprint density at radius 2 is 2.10 bits per heavy atom. The maximum Gasteiger partial charge on any atom is 0.270 e. The normalized spacial score (nSPS) is 15.7. The summed E-state index contributed by atoms with van der Waals surface area (Å²) in [7, 11) is 0. The standard InChI is InChI=1S/C20H21N5O5S/c26-25(27)16-8-14-11-28-13-30-18(14)15(9-16)12-31-20-22-21-19(23-5-1-2-6-23)24(20)10-17-4-3-7-29-17/h3-4,7-9H,1-2,5-6,10-13H2. The molecule has 2 aliphatic rings. The molecule has 162 valence electrons. The highest BCUT2D eigenvalue weighted by molar-refractivity contribution is 7.98. The summed E-state index contributed by atoms with van der Waals surface area (Å²) in [4.78, 5) is 13.2. The third kappa shape index (κ3) is 4.10. The topological polar surface area (TPSA) is 109 Å². The monoisotopic (exact) mass is 443 g/mol. The van der Waals surface area contributed by atoms with Gasteiger partial charge in [-0.15, -0.1) is 10.2 Å². The molecule has 0 atom stereocenters. The number of hydrogen-bond acceptors (Lipinski definition) is 9. The summed E-state index contributed by atoms with van der Waals surface area (Å²) in [5, 5.41) is 21.0. The molecule has 0 amide bonds. The molecule has 2 aromatic heterocycles. The van der Waals surface area contributed by atoms with Crippen molar-refractivity contribution >= 4 is 23.4 Å². The molecular formula is C20H21N5O5S. The first-order chi connectivity index (χ1) is 15.2. The molecular weight excluding hydrogens is 422 g/mol. The third-order valence-corrected chi connectivity index (χ3v) is 6.34. The van der Waals surface area contributed by atoms with Crippen LogP contribution in [0.2, 0.25) is 0 Å². The quantitative estimate of drug-likeness (QED) is 0.307. The minimum Gasteiger partial charge on any atom is -0.467 e. The number of fused-ring (bicyclic) bond motifs is 1. The summed E-state index contributed by atoms with van der Waals surface area (Å²) in [5.41, 5.74) is 1.46. The number of non-ortho nitro benzene ring substituents is 1. The Labute approximate surface area is 182 Å². The molecule has 10 nitrogen and oxygen atoms in total. The van der Waals surface area contributed by atoms with Crippen LogP contribution in [0.1, 0.15) is 29.7 Å². The van der Waals surface area contributed by atoms with Crippen molar-refractivity contribution in [3.8, 4) is 5.75 Å². The number of ether oxygens (including phenoxy) is 2. The van der Waals surface area contributed by atoms with Gasteiger partial charge in [0.05, 0.1) is 24.3 Å². The van der Waals surface area contributed by atoms with Crippen molar-refractivity contribution in [2.75, 3.05) is 24.8 Å². The highest BCUT2D eigenvalue weighted by Gasteiger charge is 2.24. The van der Waals surface area contributed by atoms with Crippen molar-refractivity contribution in [1.29, 1.82) is 0 Å². The average molecular weight is 443 g/mol. The van der Waals surface area contributed by atoms with E-state index in [4.69, 9.17) is 13.9 Å². The Morgan fingerprint density at radius 1 is 1.23 bits per heavy atom. The zero-order valence-corrected chi connectivity index (χ0v) is 17.5. The fourth-order valence-electron chi connectivity index (χ4n) is 3.87. The second-order valence-electron chi connectivity index (χ2n) is 7.39. The Bertz CT molecular complexity index is 1080. The molecule has 3 aromatic rings. The number of aromatic nitrogens is 3. The van der Waals surface area contributed by atoms with Crippen molar-refractivity contribution in [3.05, 3.63) is 57.5 Å². The van der Waals surface area contributed by atoms with Crippen LogP contribution in [-0.2, 0) is 23.6 Å². The maximum absolute atomic E-state index is 11.4. The van der Waals surface area contributed by atoms with E-state index < -0.39 is 4.92 Å². The van der Waals surface area contributed by atoms with Crippen molar-refractivity contribution in [1.82, 2.24) is 14.8 Å². The molecule has 0 radical (unpaired) electrons. The van der Waals surface area contributed by atoms with Gasteiger partial charge in [0.15, 0.2) is 11.9 Å². The summed E-state index contributed by atoms with van der Waals surface area (Å²) >= 11 is 1.47. The van der Waals surface area contributed by atoms with Crippen molar-refractivity contribution in [2.45, 2.75) is 36.9 Å². The van der Waals surface area contributed by atoms with Crippen molar-refractivity contribution < 1.29 is 18.8 Å². The second-order valence-corrected chi connectivity index (χ2v) is 8.33. The average Bonchev–Trinajstić information content (AvgIpc) is 3.54. The van der Waals surface area contributed by atoms with Crippen LogP contribution >= 0.6 is 11.8 Å². The van der Waals surface area contributed by atoms with E-state index in [1.807, 2.05) is 16.7 Å². The fourth-order valence-corrected chi connectivity index (χ4v) is 4.77. The third-order valence-electron chi connectivity index (χ3n) is 5.32. The van der Waals surface area contributed by atoms with E-state index in [0.717, 1.165) is 48.4 Å². The Morgan fingerprint density at radius 3 is 2.87 bits per heavy atom. The smallest absolute Gasteiger partial charge is 0.270 e. The van der Waals surface area contributed by atoms with E-state index in [2.05, 4.69) is 15.1 Å². The van der Waals surface area contributed by atoms with Gasteiger partial charge in [-0.1, -0.05) is 11.8 Å². The molecule has 0 spiro atoms. The predicted octanol–water partition coefficient (Wildman–Crippen LogP) is 3.59. The van der Waals surface area contributed by atoms with Gasteiger partial charge >= 0.3 is 0 Å². The lowest BCUT2D eigenvalue weighted by Gasteiger charge is -2.20. The number of furan rings is 1. The fraction of sp³-hybridized carbons (Fsp3) is 0.400. The molecule has 0 N–H and O–H groups in total. The highest BCUT2D eigenvalue weighted by atomic mass is 32.2. The molecule has 0 saturated carbocycles. The number of benzene rings is 1. The van der Waals surface area contributed by atoms with Crippen LogP contribution in [-0.4, -0.2) is 39.6 Å². The van der Waals surface area contributed by atoms with Gasteiger partial charge in [-0.05, 0) is 25.0 Å². The van der Waals surface area contributed by atoms with E-state index in [-0.39, 0.29) is 12.5 Å². The second kappa shape index (κ2) is 8.60. The minimum absolute atomic E-state index is 0.0262. The van der Waals surface area contributed by atoms with Crippen molar-refractivity contribution in [3.63, 3.8) is 0 Å². The van der Waals surface area contributed by atoms with Crippen LogP contribution in [0, 0.1) is 10.1 Å². The van der Waals surface area contributed by atoms with Gasteiger partial charge in [-0.25, -0.2) is 0 Å². The van der Waals surface area contributed by atoms with Crippen LogP contribution in [0.25, 0.3) is 0 Å². The van der Waals surface area contributed by atoms with Crippen molar-refractivity contribution in [2.24, 2.45) is 0 Å². The number of nitrogens with zero attached hydrogens (tertiary/aromatic N) is 5. The lowest BCUT2D eigenvalue weighted by atomic mass is 10.1. The van der Waals surface area contributed by atoms with E-state index in [1.54, 1.807) is 12.3 Å². The summed E-state index contributed by atoms with van der Waals surface area (Å²) in [5.74, 6) is 2.75. The SMILES string of the molecule is O=[N+]([O-])c1cc2c(c(CSc3nnc(N4CCCC4)n3Cc3ccco3)c1)OCOC2. The summed E-state index contributed by atoms with van der Waals surface area (Å²) < 4.78 is 18.5. The highest BCUT2D eigenvalue weighted by Crippen LogP contribution is 2.36. The lowest BCUT2D eigenvalue weighted by molar-refractivity contribution is -0.385. The van der Waals surface area contributed by atoms with Crippen LogP contribution < -0.4 is 9.64 Å². The van der Waals surface area contributed by atoms with Gasteiger partial charge in [-0.2, -0.15) is 0 Å². The zero-order valence-electron chi connectivity index (χ0n) is 16.7. The predicted molar refractivity (Wildman–Crippen MR) is 112 cm³/mol. The van der Waals surface area contributed by atoms with Crippen LogP contribution in [0.4, 0.5) is 11.6 Å².